The molecule has 1 aromatic heterocycles. The molecule has 6 nitrogen and oxygen atoms in total. The summed E-state index contributed by atoms with van der Waals surface area (Å²) in [4.78, 5) is 6.97. The van der Waals surface area contributed by atoms with Crippen LogP contribution in [0.3, 0.4) is 0 Å². The Morgan fingerprint density at radius 3 is 2.74 bits per heavy atom. The summed E-state index contributed by atoms with van der Waals surface area (Å²) in [6.45, 7) is 1.49. The Morgan fingerprint density at radius 2 is 1.96 bits per heavy atom. The number of nitrogens with one attached hydrogen (secondary N) is 1. The summed E-state index contributed by atoms with van der Waals surface area (Å²) in [5.41, 5.74) is 0. The molecule has 1 saturated heterocycles. The summed E-state index contributed by atoms with van der Waals surface area (Å²) in [5.74, 6) is 3.24. The number of H-pyrrole nitrogens is 1. The molecule has 1 N–H and O–H groups in total. The second kappa shape index (κ2) is 7.46. The Kier molecular flexibility index (Phi) is 5.12. The molecule has 0 spiro atoms. The number of hydrogen-bond donors (Lipinski definition) is 1. The van der Waals surface area contributed by atoms with E-state index in [1.807, 2.05) is 24.3 Å². The Morgan fingerprint density at radius 1 is 1.17 bits per heavy atom. The third kappa shape index (κ3) is 4.01. The zero-order valence-electron chi connectivity index (χ0n) is 13.8. The lowest BCUT2D eigenvalue weighted by Crippen LogP contribution is -2.24. The number of methoxy groups -OCH3 is 1. The molecule has 23 heavy (non-hydrogen) atoms. The first kappa shape index (κ1) is 15.8. The van der Waals surface area contributed by atoms with E-state index in [9.17, 15) is 0 Å². The monoisotopic (exact) mass is 316 g/mol. The van der Waals surface area contributed by atoms with E-state index < -0.39 is 0 Å². The van der Waals surface area contributed by atoms with E-state index >= 15 is 0 Å². The number of aromatic nitrogens is 3. The summed E-state index contributed by atoms with van der Waals surface area (Å²) in [5, 5.41) is 7.39. The minimum Gasteiger partial charge on any atom is -0.497 e. The molecule has 6 heteroatoms. The van der Waals surface area contributed by atoms with Crippen LogP contribution in [-0.2, 0) is 6.61 Å². The van der Waals surface area contributed by atoms with Gasteiger partial charge in [-0.1, -0.05) is 12.8 Å². The topological polar surface area (TPSA) is 63.3 Å². The van der Waals surface area contributed by atoms with E-state index in [0.29, 0.717) is 12.6 Å². The van der Waals surface area contributed by atoms with E-state index in [-0.39, 0.29) is 0 Å². The van der Waals surface area contributed by atoms with Gasteiger partial charge in [-0.3, -0.25) is 10.00 Å². The highest BCUT2D eigenvalue weighted by molar-refractivity contribution is 5.31. The highest BCUT2D eigenvalue weighted by Gasteiger charge is 2.23. The number of hydrogen-bond acceptors (Lipinski definition) is 5. The molecule has 1 aliphatic heterocycles. The summed E-state index contributed by atoms with van der Waals surface area (Å²) < 4.78 is 10.9. The largest absolute Gasteiger partial charge is 0.497 e. The fourth-order valence-electron chi connectivity index (χ4n) is 2.93. The van der Waals surface area contributed by atoms with Crippen LogP contribution >= 0.6 is 0 Å². The minimum atomic E-state index is 0.309. The number of likely N-dealkylation sites (tertiary alicyclic amines) is 1. The molecule has 0 amide bonds. The Balaban J connectivity index is 1.60. The van der Waals surface area contributed by atoms with Crippen LogP contribution in [-0.4, -0.2) is 40.8 Å². The first-order chi connectivity index (χ1) is 11.3. The lowest BCUT2D eigenvalue weighted by atomic mass is 10.1. The smallest absolute Gasteiger partial charge is 0.167 e. The van der Waals surface area contributed by atoms with Crippen LogP contribution in [0.25, 0.3) is 0 Å². The highest BCUT2D eigenvalue weighted by Crippen LogP contribution is 2.26. The minimum absolute atomic E-state index is 0.309. The first-order valence-corrected chi connectivity index (χ1v) is 8.14. The normalized spacial score (nSPS) is 19.3. The Bertz CT molecular complexity index is 611. The highest BCUT2D eigenvalue weighted by atomic mass is 16.5. The molecule has 124 valence electrons. The summed E-state index contributed by atoms with van der Waals surface area (Å²) in [7, 11) is 3.80. The van der Waals surface area contributed by atoms with Crippen molar-refractivity contribution in [1.82, 2.24) is 20.1 Å². The van der Waals surface area contributed by atoms with Crippen LogP contribution in [0.4, 0.5) is 0 Å². The summed E-state index contributed by atoms with van der Waals surface area (Å²) >= 11 is 0. The van der Waals surface area contributed by atoms with Gasteiger partial charge in [-0.25, -0.2) is 4.98 Å². The van der Waals surface area contributed by atoms with Crippen LogP contribution in [0, 0.1) is 0 Å². The molecule has 3 rings (SSSR count). The van der Waals surface area contributed by atoms with Gasteiger partial charge < -0.3 is 9.47 Å². The Hall–Kier alpha value is -2.08. The van der Waals surface area contributed by atoms with Crippen LogP contribution in [0.2, 0.25) is 0 Å². The third-order valence-electron chi connectivity index (χ3n) is 4.30. The zero-order chi connectivity index (χ0) is 16.1. The number of benzene rings is 1. The van der Waals surface area contributed by atoms with Crippen molar-refractivity contribution in [1.29, 1.82) is 0 Å². The predicted octanol–water partition coefficient (Wildman–Crippen LogP) is 2.94. The number of ether oxygens (including phenoxy) is 2. The van der Waals surface area contributed by atoms with Gasteiger partial charge in [0.1, 0.15) is 18.1 Å². The van der Waals surface area contributed by atoms with E-state index in [2.05, 4.69) is 27.1 Å². The molecule has 2 heterocycles. The maximum Gasteiger partial charge on any atom is 0.167 e. The fourth-order valence-corrected chi connectivity index (χ4v) is 2.93. The van der Waals surface area contributed by atoms with Gasteiger partial charge in [0.25, 0.3) is 0 Å². The van der Waals surface area contributed by atoms with Crippen molar-refractivity contribution >= 4 is 0 Å². The standard InChI is InChI=1S/C17H24N4O2/c1-21-11-5-3-4-6-15(21)17-18-16(19-20-17)12-23-14-9-7-13(22-2)8-10-14/h7-10,15H,3-6,11-12H2,1-2H3,(H,18,19,20). The molecule has 1 aromatic carbocycles. The van der Waals surface area contributed by atoms with Crippen molar-refractivity contribution in [3.63, 3.8) is 0 Å². The number of aromatic amines is 1. The van der Waals surface area contributed by atoms with E-state index in [1.165, 1.54) is 19.3 Å². The van der Waals surface area contributed by atoms with Gasteiger partial charge >= 0.3 is 0 Å². The molecule has 0 saturated carbocycles. The molecule has 1 unspecified atom stereocenters. The zero-order valence-corrected chi connectivity index (χ0v) is 13.8. The van der Waals surface area contributed by atoms with Crippen molar-refractivity contribution in [3.05, 3.63) is 35.9 Å². The van der Waals surface area contributed by atoms with Gasteiger partial charge in [-0.2, -0.15) is 5.10 Å². The molecule has 1 atom stereocenters. The quantitative estimate of drug-likeness (QED) is 0.919. The third-order valence-corrected chi connectivity index (χ3v) is 4.30. The second-order valence-corrected chi connectivity index (χ2v) is 5.95. The fraction of sp³-hybridized carbons (Fsp3) is 0.529. The van der Waals surface area contributed by atoms with Crippen molar-refractivity contribution in [2.45, 2.75) is 38.3 Å². The van der Waals surface area contributed by atoms with Gasteiger partial charge in [0.05, 0.1) is 13.2 Å². The van der Waals surface area contributed by atoms with E-state index in [1.54, 1.807) is 7.11 Å². The molecular weight excluding hydrogens is 292 g/mol. The number of rotatable bonds is 5. The Labute approximate surface area is 136 Å². The van der Waals surface area contributed by atoms with Crippen molar-refractivity contribution < 1.29 is 9.47 Å². The van der Waals surface area contributed by atoms with Gasteiger partial charge in [0.15, 0.2) is 11.6 Å². The summed E-state index contributed by atoms with van der Waals surface area (Å²) in [6.07, 6.45) is 4.90. The van der Waals surface area contributed by atoms with Gasteiger partial charge in [-0.15, -0.1) is 0 Å². The molecule has 0 radical (unpaired) electrons. The van der Waals surface area contributed by atoms with Crippen LogP contribution in [0.15, 0.2) is 24.3 Å². The summed E-state index contributed by atoms with van der Waals surface area (Å²) in [6, 6.07) is 7.83. The SMILES string of the molecule is COc1ccc(OCc2nc(C3CCCCCN3C)n[nH]2)cc1. The number of nitrogens with zero attached hydrogens (tertiary/aromatic N) is 3. The van der Waals surface area contributed by atoms with E-state index in [0.717, 1.165) is 36.1 Å². The van der Waals surface area contributed by atoms with Gasteiger partial charge in [0.2, 0.25) is 0 Å². The van der Waals surface area contributed by atoms with Crippen molar-refractivity contribution in [2.24, 2.45) is 0 Å². The van der Waals surface area contributed by atoms with Crippen molar-refractivity contribution in [2.75, 3.05) is 20.7 Å². The molecule has 1 fully saturated rings. The van der Waals surface area contributed by atoms with Crippen molar-refractivity contribution in [3.8, 4) is 11.5 Å². The molecule has 0 aliphatic carbocycles. The molecule has 1 aliphatic rings. The van der Waals surface area contributed by atoms with Gasteiger partial charge in [-0.05, 0) is 50.7 Å². The first-order valence-electron chi connectivity index (χ1n) is 8.14. The predicted molar refractivity (Wildman–Crippen MR) is 87.5 cm³/mol. The van der Waals surface area contributed by atoms with E-state index in [4.69, 9.17) is 9.47 Å². The van der Waals surface area contributed by atoms with Crippen LogP contribution in [0.1, 0.15) is 43.4 Å². The molecule has 2 aromatic rings. The second-order valence-electron chi connectivity index (χ2n) is 5.95. The van der Waals surface area contributed by atoms with Crippen LogP contribution < -0.4 is 9.47 Å². The average Bonchev–Trinajstić information content (AvgIpc) is 2.94. The van der Waals surface area contributed by atoms with Gasteiger partial charge in [0, 0.05) is 0 Å². The lowest BCUT2D eigenvalue weighted by Gasteiger charge is -2.22. The maximum atomic E-state index is 5.74. The molecule has 0 bridgehead atoms. The maximum absolute atomic E-state index is 5.74. The average molecular weight is 316 g/mol. The lowest BCUT2D eigenvalue weighted by molar-refractivity contribution is 0.240. The molecular formula is C17H24N4O2. The van der Waals surface area contributed by atoms with Crippen LogP contribution in [0.5, 0.6) is 11.5 Å².